The molecule has 3 heterocycles. The molecule has 1 aliphatic heterocycles. The number of halogens is 1. The van der Waals surface area contributed by atoms with Gasteiger partial charge in [0.05, 0.1) is 11.4 Å². The van der Waals surface area contributed by atoms with Crippen molar-refractivity contribution in [3.63, 3.8) is 0 Å². The van der Waals surface area contributed by atoms with Gasteiger partial charge in [0, 0.05) is 56.6 Å². The van der Waals surface area contributed by atoms with Gasteiger partial charge in [0.25, 0.3) is 5.91 Å². The van der Waals surface area contributed by atoms with Gasteiger partial charge in [-0.3, -0.25) is 19.2 Å². The van der Waals surface area contributed by atoms with Crippen LogP contribution in [0.1, 0.15) is 54.6 Å². The van der Waals surface area contributed by atoms with Gasteiger partial charge in [-0.1, -0.05) is 17.7 Å². The Morgan fingerprint density at radius 2 is 1.67 bits per heavy atom. The predicted molar refractivity (Wildman–Crippen MR) is 173 cm³/mol. The SMILES string of the molecule is CN(C)CCN(C)C(=O)Cc1ccc2oc(C(=O)Nc3ccc(Cl)cn3)c(NC(=O)[C@H]3CC[C@H](C(=O)N4CCCC4)CC3)c2c1. The maximum absolute atomic E-state index is 13.6. The molecule has 0 spiro atoms. The van der Waals surface area contributed by atoms with E-state index in [0.717, 1.165) is 38.0 Å². The Bertz CT molecular complexity index is 1540. The molecule has 45 heavy (non-hydrogen) atoms. The first-order chi connectivity index (χ1) is 21.6. The number of benzene rings is 1. The molecule has 11 nitrogen and oxygen atoms in total. The molecule has 1 aromatic carbocycles. The Labute approximate surface area is 268 Å². The second-order valence-corrected chi connectivity index (χ2v) is 12.8. The normalized spacial score (nSPS) is 18.3. The van der Waals surface area contributed by atoms with E-state index in [2.05, 4.69) is 15.6 Å². The third-order valence-electron chi connectivity index (χ3n) is 8.70. The van der Waals surface area contributed by atoms with Gasteiger partial charge in [-0.05, 0) is 82.4 Å². The number of anilines is 2. The van der Waals surface area contributed by atoms with E-state index < -0.39 is 5.91 Å². The highest BCUT2D eigenvalue weighted by Gasteiger charge is 2.34. The van der Waals surface area contributed by atoms with Crippen LogP contribution in [0.2, 0.25) is 5.02 Å². The van der Waals surface area contributed by atoms with Crippen LogP contribution in [0.3, 0.4) is 0 Å². The van der Waals surface area contributed by atoms with Crippen LogP contribution in [0.4, 0.5) is 11.5 Å². The Morgan fingerprint density at radius 1 is 0.956 bits per heavy atom. The quantitative estimate of drug-likeness (QED) is 0.331. The lowest BCUT2D eigenvalue weighted by molar-refractivity contribution is -0.136. The zero-order valence-corrected chi connectivity index (χ0v) is 26.9. The standard InChI is InChI=1S/C33H41ClN6O5/c1-38(2)16-17-39(3)28(41)19-21-6-12-26-25(18-21)29(30(45-26)32(43)36-27-13-11-24(34)20-35-27)37-31(42)22-7-9-23(10-8-22)33(44)40-14-4-5-15-40/h6,11-13,18,20,22-23H,4-5,7-10,14-17,19H2,1-3H3,(H,37,42)(H,35,36,43)/t22-,23-. The number of aromatic nitrogens is 1. The summed E-state index contributed by atoms with van der Waals surface area (Å²) in [5.74, 6) is -0.804. The minimum atomic E-state index is -0.586. The number of pyridine rings is 1. The van der Waals surface area contributed by atoms with Crippen molar-refractivity contribution < 1.29 is 23.6 Å². The highest BCUT2D eigenvalue weighted by molar-refractivity contribution is 6.30. The van der Waals surface area contributed by atoms with Crippen LogP contribution in [0.5, 0.6) is 0 Å². The number of hydrogen-bond donors (Lipinski definition) is 2. The number of likely N-dealkylation sites (N-methyl/N-ethyl adjacent to an activating group) is 2. The van der Waals surface area contributed by atoms with Gasteiger partial charge in [-0.25, -0.2) is 4.98 Å². The first-order valence-corrected chi connectivity index (χ1v) is 15.9. The topological polar surface area (TPSA) is 128 Å². The van der Waals surface area contributed by atoms with Crippen molar-refractivity contribution in [2.24, 2.45) is 11.8 Å². The average Bonchev–Trinajstić information content (AvgIpc) is 3.69. The number of likely N-dealkylation sites (tertiary alicyclic amines) is 1. The number of nitrogens with one attached hydrogen (secondary N) is 2. The molecule has 240 valence electrons. The van der Waals surface area contributed by atoms with Crippen LogP contribution >= 0.6 is 11.6 Å². The number of fused-ring (bicyclic) bond motifs is 1. The number of hydrogen-bond acceptors (Lipinski definition) is 7. The van der Waals surface area contributed by atoms with Crippen LogP contribution in [0, 0.1) is 11.8 Å². The number of furan rings is 1. The molecule has 2 aromatic heterocycles. The molecular formula is C33H41ClN6O5. The number of carbonyl (C=O) groups is 4. The molecule has 2 N–H and O–H groups in total. The number of rotatable bonds is 10. The first kappa shape index (κ1) is 32.4. The number of nitrogens with zero attached hydrogens (tertiary/aromatic N) is 4. The van der Waals surface area contributed by atoms with E-state index in [1.165, 1.54) is 6.20 Å². The van der Waals surface area contributed by atoms with Crippen LogP contribution in [0.25, 0.3) is 11.0 Å². The molecule has 2 aliphatic rings. The van der Waals surface area contributed by atoms with Crippen LogP contribution < -0.4 is 10.6 Å². The fourth-order valence-electron chi connectivity index (χ4n) is 5.97. The van der Waals surface area contributed by atoms with E-state index in [1.807, 2.05) is 23.9 Å². The average molecular weight is 637 g/mol. The third-order valence-corrected chi connectivity index (χ3v) is 8.93. The molecule has 3 aromatic rings. The van der Waals surface area contributed by atoms with Gasteiger partial charge in [-0.15, -0.1) is 0 Å². The Hall–Kier alpha value is -3.96. The minimum absolute atomic E-state index is 0.0442. The molecule has 0 bridgehead atoms. The maximum atomic E-state index is 13.6. The molecule has 0 atom stereocenters. The maximum Gasteiger partial charge on any atom is 0.294 e. The predicted octanol–water partition coefficient (Wildman–Crippen LogP) is 4.66. The smallest absolute Gasteiger partial charge is 0.294 e. The lowest BCUT2D eigenvalue weighted by Gasteiger charge is -2.29. The van der Waals surface area contributed by atoms with Crippen molar-refractivity contribution in [3.05, 3.63) is 52.9 Å². The second-order valence-electron chi connectivity index (χ2n) is 12.3. The van der Waals surface area contributed by atoms with E-state index >= 15 is 0 Å². The molecule has 0 unspecified atom stereocenters. The van der Waals surface area contributed by atoms with E-state index in [-0.39, 0.29) is 53.2 Å². The zero-order valence-electron chi connectivity index (χ0n) is 26.1. The Kier molecular flexibility index (Phi) is 10.4. The van der Waals surface area contributed by atoms with Crippen molar-refractivity contribution in [2.45, 2.75) is 44.9 Å². The molecule has 12 heteroatoms. The first-order valence-electron chi connectivity index (χ1n) is 15.6. The summed E-state index contributed by atoms with van der Waals surface area (Å²) < 4.78 is 5.99. The molecule has 5 rings (SSSR count). The van der Waals surface area contributed by atoms with Crippen molar-refractivity contribution in [1.82, 2.24) is 19.7 Å². The van der Waals surface area contributed by atoms with Gasteiger partial charge in [0.2, 0.25) is 23.5 Å². The highest BCUT2D eigenvalue weighted by Crippen LogP contribution is 2.36. The van der Waals surface area contributed by atoms with Crippen LogP contribution in [-0.4, -0.2) is 90.6 Å². The lowest BCUT2D eigenvalue weighted by Crippen LogP contribution is -2.37. The Morgan fingerprint density at radius 3 is 2.33 bits per heavy atom. The monoisotopic (exact) mass is 636 g/mol. The summed E-state index contributed by atoms with van der Waals surface area (Å²) in [5, 5.41) is 6.64. The van der Waals surface area contributed by atoms with Gasteiger partial charge in [0.15, 0.2) is 0 Å². The molecule has 4 amide bonds. The lowest BCUT2D eigenvalue weighted by atomic mass is 9.81. The van der Waals surface area contributed by atoms with Crippen molar-refractivity contribution in [1.29, 1.82) is 0 Å². The molecular weight excluding hydrogens is 596 g/mol. The minimum Gasteiger partial charge on any atom is -0.449 e. The molecule has 1 aliphatic carbocycles. The van der Waals surface area contributed by atoms with Crippen molar-refractivity contribution in [3.8, 4) is 0 Å². The van der Waals surface area contributed by atoms with Crippen molar-refractivity contribution >= 4 is 57.7 Å². The van der Waals surface area contributed by atoms with E-state index in [0.29, 0.717) is 48.2 Å². The van der Waals surface area contributed by atoms with E-state index in [9.17, 15) is 19.2 Å². The number of carbonyl (C=O) groups excluding carboxylic acids is 4. The van der Waals surface area contributed by atoms with Gasteiger partial charge in [-0.2, -0.15) is 0 Å². The van der Waals surface area contributed by atoms with E-state index in [1.54, 1.807) is 42.3 Å². The summed E-state index contributed by atoms with van der Waals surface area (Å²) in [6.07, 6.45) is 6.16. The molecule has 1 saturated carbocycles. The molecule has 2 fully saturated rings. The second kappa shape index (κ2) is 14.4. The number of amides is 4. The summed E-state index contributed by atoms with van der Waals surface area (Å²) in [7, 11) is 5.68. The summed E-state index contributed by atoms with van der Waals surface area (Å²) in [5.41, 5.74) is 1.37. The van der Waals surface area contributed by atoms with Gasteiger partial charge in [0.1, 0.15) is 17.1 Å². The third kappa shape index (κ3) is 8.01. The summed E-state index contributed by atoms with van der Waals surface area (Å²) in [4.78, 5) is 62.7. The van der Waals surface area contributed by atoms with Gasteiger partial charge < -0.3 is 29.8 Å². The van der Waals surface area contributed by atoms with Crippen LogP contribution in [0.15, 0.2) is 40.9 Å². The molecule has 1 saturated heterocycles. The fourth-order valence-corrected chi connectivity index (χ4v) is 6.08. The van der Waals surface area contributed by atoms with Crippen molar-refractivity contribution in [2.75, 3.05) is 58.0 Å². The van der Waals surface area contributed by atoms with E-state index in [4.69, 9.17) is 16.0 Å². The summed E-state index contributed by atoms with van der Waals surface area (Å²) in [6, 6.07) is 8.46. The van der Waals surface area contributed by atoms with Crippen LogP contribution in [-0.2, 0) is 20.8 Å². The highest BCUT2D eigenvalue weighted by atomic mass is 35.5. The summed E-state index contributed by atoms with van der Waals surface area (Å²) in [6.45, 7) is 2.98. The fraction of sp³-hybridized carbons (Fsp3) is 0.485. The zero-order chi connectivity index (χ0) is 32.1. The summed E-state index contributed by atoms with van der Waals surface area (Å²) >= 11 is 5.94. The molecule has 0 radical (unpaired) electrons. The van der Waals surface area contributed by atoms with Gasteiger partial charge >= 0.3 is 0 Å². The Balaban J connectivity index is 1.35. The largest absolute Gasteiger partial charge is 0.449 e.